The van der Waals surface area contributed by atoms with E-state index < -0.39 is 11.9 Å². The number of carbonyl (C=O) groups is 2. The first-order valence-electron chi connectivity index (χ1n) is 10.7. The van der Waals surface area contributed by atoms with Crippen LogP contribution in [0.4, 0.5) is 4.39 Å². The largest absolute Gasteiger partial charge is 0.439 e. The summed E-state index contributed by atoms with van der Waals surface area (Å²) >= 11 is 0. The normalized spacial score (nSPS) is 16.3. The molecule has 170 valence electrons. The Morgan fingerprint density at radius 3 is 2.67 bits per heavy atom. The van der Waals surface area contributed by atoms with E-state index in [4.69, 9.17) is 4.74 Å². The minimum absolute atomic E-state index is 0.131. The van der Waals surface area contributed by atoms with Gasteiger partial charge in [-0.15, -0.1) is 0 Å². The lowest BCUT2D eigenvalue weighted by molar-refractivity contribution is -0.128. The molecule has 1 N–H and O–H groups in total. The van der Waals surface area contributed by atoms with Crippen molar-refractivity contribution in [3.63, 3.8) is 0 Å². The number of nitrogens with one attached hydrogen (secondary N) is 1. The molecule has 4 rings (SSSR count). The first-order valence-corrected chi connectivity index (χ1v) is 10.7. The van der Waals surface area contributed by atoms with Gasteiger partial charge in [0.05, 0.1) is 0 Å². The number of aromatic nitrogens is 1. The number of amides is 2. The van der Waals surface area contributed by atoms with Gasteiger partial charge in [-0.3, -0.25) is 14.5 Å². The molecule has 1 aliphatic rings. The molecular weight excluding hydrogens is 423 g/mol. The van der Waals surface area contributed by atoms with Crippen LogP contribution in [0, 0.1) is 5.82 Å². The Hall–Kier alpha value is -3.78. The number of nitrogens with zero attached hydrogens (tertiary/aromatic N) is 3. The van der Waals surface area contributed by atoms with Crippen LogP contribution in [-0.4, -0.2) is 59.3 Å². The van der Waals surface area contributed by atoms with Crippen LogP contribution in [0.2, 0.25) is 0 Å². The van der Waals surface area contributed by atoms with Crippen LogP contribution in [0.15, 0.2) is 72.9 Å². The fourth-order valence-electron chi connectivity index (χ4n) is 3.86. The molecule has 2 heterocycles. The van der Waals surface area contributed by atoms with Gasteiger partial charge in [0.1, 0.15) is 17.6 Å². The third kappa shape index (κ3) is 5.53. The number of rotatable bonds is 6. The van der Waals surface area contributed by atoms with Crippen molar-refractivity contribution in [2.75, 3.05) is 26.7 Å². The average molecular weight is 448 g/mol. The van der Waals surface area contributed by atoms with Crippen molar-refractivity contribution in [2.24, 2.45) is 0 Å². The number of hydrogen-bond acceptors (Lipinski definition) is 5. The summed E-state index contributed by atoms with van der Waals surface area (Å²) in [5, 5.41) is 2.71. The monoisotopic (exact) mass is 448 g/mol. The van der Waals surface area contributed by atoms with Gasteiger partial charge in [0.15, 0.2) is 0 Å². The number of pyridine rings is 1. The predicted molar refractivity (Wildman–Crippen MR) is 121 cm³/mol. The highest BCUT2D eigenvalue weighted by Gasteiger charge is 2.34. The highest BCUT2D eigenvalue weighted by molar-refractivity contribution is 5.95. The van der Waals surface area contributed by atoms with Gasteiger partial charge in [-0.25, -0.2) is 9.37 Å². The molecule has 1 fully saturated rings. The molecule has 1 aliphatic heterocycles. The zero-order valence-corrected chi connectivity index (χ0v) is 18.3. The fraction of sp³-hybridized carbons (Fsp3) is 0.240. The Labute approximate surface area is 191 Å². The van der Waals surface area contributed by atoms with E-state index in [1.165, 1.54) is 30.5 Å². The molecule has 2 aromatic carbocycles. The van der Waals surface area contributed by atoms with E-state index in [1.807, 2.05) is 30.3 Å². The van der Waals surface area contributed by atoms with Gasteiger partial charge in [-0.05, 0) is 23.8 Å². The lowest BCUT2D eigenvalue weighted by Crippen LogP contribution is -2.59. The van der Waals surface area contributed by atoms with Crippen molar-refractivity contribution in [1.29, 1.82) is 0 Å². The van der Waals surface area contributed by atoms with Crippen molar-refractivity contribution in [1.82, 2.24) is 20.1 Å². The van der Waals surface area contributed by atoms with Gasteiger partial charge in [0, 0.05) is 57.1 Å². The fourth-order valence-corrected chi connectivity index (χ4v) is 3.86. The van der Waals surface area contributed by atoms with Crippen molar-refractivity contribution >= 4 is 11.8 Å². The van der Waals surface area contributed by atoms with Gasteiger partial charge >= 0.3 is 0 Å². The summed E-state index contributed by atoms with van der Waals surface area (Å²) in [4.78, 5) is 33.7. The topological polar surface area (TPSA) is 74.8 Å². The molecule has 8 heteroatoms. The number of likely N-dealkylation sites (N-methyl/N-ethyl adjacent to an activating group) is 1. The molecular formula is C25H25FN4O3. The lowest BCUT2D eigenvalue weighted by atomic mass is 10.1. The maximum atomic E-state index is 13.4. The molecule has 0 radical (unpaired) electrons. The van der Waals surface area contributed by atoms with E-state index >= 15 is 0 Å². The molecule has 7 nitrogen and oxygen atoms in total. The summed E-state index contributed by atoms with van der Waals surface area (Å²) in [7, 11) is 1.60. The van der Waals surface area contributed by atoms with E-state index in [1.54, 1.807) is 24.1 Å². The number of hydrogen-bond donors (Lipinski definition) is 1. The molecule has 0 aliphatic carbocycles. The highest BCUT2D eigenvalue weighted by atomic mass is 19.1. The van der Waals surface area contributed by atoms with Crippen LogP contribution in [0.3, 0.4) is 0 Å². The molecule has 0 bridgehead atoms. The van der Waals surface area contributed by atoms with Gasteiger partial charge in [-0.1, -0.05) is 36.4 Å². The second kappa shape index (κ2) is 10.2. The summed E-state index contributed by atoms with van der Waals surface area (Å²) in [6.45, 7) is 1.95. The molecule has 0 spiro atoms. The molecule has 0 saturated carbocycles. The number of halogens is 1. The second-order valence-electron chi connectivity index (χ2n) is 7.78. The van der Waals surface area contributed by atoms with E-state index in [0.29, 0.717) is 30.9 Å². The summed E-state index contributed by atoms with van der Waals surface area (Å²) in [5.41, 5.74) is 1.50. The summed E-state index contributed by atoms with van der Waals surface area (Å²) in [6, 6.07) is 18.3. The molecule has 33 heavy (non-hydrogen) atoms. The van der Waals surface area contributed by atoms with Gasteiger partial charge in [-0.2, -0.15) is 0 Å². The van der Waals surface area contributed by atoms with Crippen LogP contribution >= 0.6 is 0 Å². The third-order valence-electron chi connectivity index (χ3n) is 5.56. The first-order chi connectivity index (χ1) is 16.0. The summed E-state index contributed by atoms with van der Waals surface area (Å²) in [6.07, 6.45) is 1.48. The quantitative estimate of drug-likeness (QED) is 0.627. The third-order valence-corrected chi connectivity index (χ3v) is 5.56. The number of benzene rings is 2. The van der Waals surface area contributed by atoms with Crippen molar-refractivity contribution in [3.8, 4) is 11.6 Å². The van der Waals surface area contributed by atoms with Crippen LogP contribution in [0.25, 0.3) is 0 Å². The smallest absolute Gasteiger partial charge is 0.254 e. The maximum Gasteiger partial charge on any atom is 0.254 e. The average Bonchev–Trinajstić information content (AvgIpc) is 2.84. The highest BCUT2D eigenvalue weighted by Crippen LogP contribution is 2.22. The van der Waals surface area contributed by atoms with Crippen LogP contribution in [-0.2, 0) is 11.3 Å². The lowest BCUT2D eigenvalue weighted by Gasteiger charge is -2.40. The number of ether oxygens (including phenoxy) is 1. The first kappa shape index (κ1) is 22.4. The Bertz CT molecular complexity index is 1130. The maximum absolute atomic E-state index is 13.4. The molecule has 1 aromatic heterocycles. The summed E-state index contributed by atoms with van der Waals surface area (Å²) in [5.74, 6) is -0.283. The van der Waals surface area contributed by atoms with E-state index in [0.717, 1.165) is 5.56 Å². The Balaban J connectivity index is 1.47. The Kier molecular flexibility index (Phi) is 6.95. The zero-order valence-electron chi connectivity index (χ0n) is 18.3. The minimum atomic E-state index is -0.460. The van der Waals surface area contributed by atoms with Crippen molar-refractivity contribution in [3.05, 3.63) is 89.9 Å². The molecule has 2 amide bonds. The molecule has 1 atom stereocenters. The molecule has 3 aromatic rings. The van der Waals surface area contributed by atoms with Crippen molar-refractivity contribution in [2.45, 2.75) is 12.6 Å². The Morgan fingerprint density at radius 2 is 1.91 bits per heavy atom. The standard InChI is InChI=1S/C25H25FN4O3/c1-27-24(31)22-17-30(13-12-29(22)16-18-6-3-2-4-7-18)25(32)19-10-11-28-23(14-19)33-21-9-5-8-20(26)15-21/h2-11,14-15,22H,12-13,16-17H2,1H3,(H,27,31)/t22-/m1/s1. The SMILES string of the molecule is CNC(=O)[C@H]1CN(C(=O)c2ccnc(Oc3cccc(F)c3)c2)CCN1Cc1ccccc1. The predicted octanol–water partition coefficient (Wildman–Crippen LogP) is 3.09. The van der Waals surface area contributed by atoms with Crippen LogP contribution in [0.1, 0.15) is 15.9 Å². The van der Waals surface area contributed by atoms with Crippen molar-refractivity contribution < 1.29 is 18.7 Å². The Morgan fingerprint density at radius 1 is 1.09 bits per heavy atom. The number of carbonyl (C=O) groups excluding carboxylic acids is 2. The van der Waals surface area contributed by atoms with Crippen LogP contribution < -0.4 is 10.1 Å². The van der Waals surface area contributed by atoms with Gasteiger partial charge in [0.2, 0.25) is 11.8 Å². The summed E-state index contributed by atoms with van der Waals surface area (Å²) < 4.78 is 19.0. The molecule has 0 unspecified atom stereocenters. The van der Waals surface area contributed by atoms with E-state index in [2.05, 4.69) is 15.2 Å². The molecule has 1 saturated heterocycles. The van der Waals surface area contributed by atoms with E-state index in [9.17, 15) is 14.0 Å². The number of piperazine rings is 1. The van der Waals surface area contributed by atoms with Gasteiger partial charge < -0.3 is 15.0 Å². The zero-order chi connectivity index (χ0) is 23.2. The minimum Gasteiger partial charge on any atom is -0.439 e. The van der Waals surface area contributed by atoms with E-state index in [-0.39, 0.29) is 24.2 Å². The van der Waals surface area contributed by atoms with Gasteiger partial charge in [0.25, 0.3) is 5.91 Å². The van der Waals surface area contributed by atoms with Crippen LogP contribution in [0.5, 0.6) is 11.6 Å². The second-order valence-corrected chi connectivity index (χ2v) is 7.78.